The molecule has 0 aromatic heterocycles. The fraction of sp³-hybridized carbons (Fsp3) is 0.611. The molecule has 0 spiro atoms. The second kappa shape index (κ2) is 6.73. The molecular weight excluding hydrogens is 308 g/mol. The smallest absolute Gasteiger partial charge is 0.314 e. The fourth-order valence-electron chi connectivity index (χ4n) is 3.63. The Morgan fingerprint density at radius 2 is 2.04 bits per heavy atom. The molecule has 0 bridgehead atoms. The summed E-state index contributed by atoms with van der Waals surface area (Å²) in [6.45, 7) is 3.19. The minimum Gasteiger partial charge on any atom is -0.387 e. The molecule has 1 saturated heterocycles. The normalized spacial score (nSPS) is 29.8. The number of urea groups is 1. The number of hydrogen-bond acceptors (Lipinski definition) is 3. The molecule has 2 unspecified atom stereocenters. The van der Waals surface area contributed by atoms with Crippen molar-refractivity contribution in [3.8, 4) is 0 Å². The van der Waals surface area contributed by atoms with Gasteiger partial charge in [0.05, 0.1) is 5.60 Å². The van der Waals surface area contributed by atoms with Crippen molar-refractivity contribution >= 4 is 17.8 Å². The highest BCUT2D eigenvalue weighted by atomic mass is 32.2. The van der Waals surface area contributed by atoms with Crippen molar-refractivity contribution in [3.63, 3.8) is 0 Å². The zero-order chi connectivity index (χ0) is 16.3. The number of amides is 2. The Bertz CT molecular complexity index is 572. The van der Waals surface area contributed by atoms with E-state index in [0.29, 0.717) is 18.8 Å². The summed E-state index contributed by atoms with van der Waals surface area (Å²) in [6.07, 6.45) is 4.13. The Balaban J connectivity index is 1.54. The molecule has 1 aliphatic carbocycles. The number of carbonyl (C=O) groups is 1. The van der Waals surface area contributed by atoms with Crippen LogP contribution in [-0.4, -0.2) is 41.3 Å². The fourth-order valence-corrected chi connectivity index (χ4v) is 4.93. The number of aliphatic hydroxyl groups is 1. The van der Waals surface area contributed by atoms with Gasteiger partial charge in [0.2, 0.25) is 0 Å². The highest BCUT2D eigenvalue weighted by Crippen LogP contribution is 2.36. The first-order valence-electron chi connectivity index (χ1n) is 8.41. The first-order chi connectivity index (χ1) is 11.0. The van der Waals surface area contributed by atoms with E-state index in [2.05, 4.69) is 41.8 Å². The van der Waals surface area contributed by atoms with E-state index in [1.807, 2.05) is 0 Å². The molecule has 0 radical (unpaired) electrons. The third-order valence-electron chi connectivity index (χ3n) is 5.14. The Hall–Kier alpha value is -1.20. The highest BCUT2D eigenvalue weighted by Gasteiger charge is 2.34. The van der Waals surface area contributed by atoms with E-state index in [1.165, 1.54) is 11.1 Å². The average Bonchev–Trinajstić information content (AvgIpc) is 2.99. The summed E-state index contributed by atoms with van der Waals surface area (Å²) >= 11 is 1.74. The van der Waals surface area contributed by atoms with Crippen LogP contribution in [0.3, 0.4) is 0 Å². The van der Waals surface area contributed by atoms with Gasteiger partial charge in [0, 0.05) is 24.3 Å². The van der Waals surface area contributed by atoms with Crippen LogP contribution in [0.4, 0.5) is 4.79 Å². The van der Waals surface area contributed by atoms with Crippen LogP contribution in [-0.2, 0) is 11.8 Å². The molecule has 5 heteroatoms. The molecule has 3 rings (SSSR count). The summed E-state index contributed by atoms with van der Waals surface area (Å²) in [7, 11) is 0. The molecule has 1 aliphatic heterocycles. The van der Waals surface area contributed by atoms with Crippen LogP contribution in [0.5, 0.6) is 0 Å². The van der Waals surface area contributed by atoms with Crippen LogP contribution in [0.15, 0.2) is 24.3 Å². The third-order valence-corrected chi connectivity index (χ3v) is 6.38. The van der Waals surface area contributed by atoms with E-state index in [9.17, 15) is 9.90 Å². The van der Waals surface area contributed by atoms with Gasteiger partial charge in [0.1, 0.15) is 0 Å². The van der Waals surface area contributed by atoms with Crippen LogP contribution in [0.1, 0.15) is 37.3 Å². The zero-order valence-electron chi connectivity index (χ0n) is 13.7. The maximum atomic E-state index is 12.1. The molecule has 23 heavy (non-hydrogen) atoms. The van der Waals surface area contributed by atoms with Gasteiger partial charge < -0.3 is 15.7 Å². The Kier molecular flexibility index (Phi) is 4.87. The Morgan fingerprint density at radius 1 is 1.26 bits per heavy atom. The monoisotopic (exact) mass is 334 g/mol. The molecule has 126 valence electrons. The number of benzene rings is 1. The predicted octanol–water partition coefficient (Wildman–Crippen LogP) is 2.45. The van der Waals surface area contributed by atoms with Gasteiger partial charge in [-0.05, 0) is 42.6 Å². The lowest BCUT2D eigenvalue weighted by Gasteiger charge is -2.36. The van der Waals surface area contributed by atoms with Crippen LogP contribution < -0.4 is 10.6 Å². The van der Waals surface area contributed by atoms with Crippen molar-refractivity contribution in [1.29, 1.82) is 0 Å². The van der Waals surface area contributed by atoms with Crippen molar-refractivity contribution < 1.29 is 9.90 Å². The molecule has 2 amide bonds. The quantitative estimate of drug-likeness (QED) is 0.793. The second-order valence-electron chi connectivity index (χ2n) is 7.13. The Morgan fingerprint density at radius 3 is 2.83 bits per heavy atom. The van der Waals surface area contributed by atoms with Gasteiger partial charge >= 0.3 is 6.03 Å². The predicted molar refractivity (Wildman–Crippen MR) is 95.0 cm³/mol. The number of nitrogens with one attached hydrogen (secondary N) is 2. The van der Waals surface area contributed by atoms with E-state index >= 15 is 0 Å². The van der Waals surface area contributed by atoms with Crippen molar-refractivity contribution in [1.82, 2.24) is 10.6 Å². The van der Waals surface area contributed by atoms with Crippen LogP contribution >= 0.6 is 11.8 Å². The maximum Gasteiger partial charge on any atom is 0.314 e. The summed E-state index contributed by atoms with van der Waals surface area (Å²) in [5.74, 6) is 1.67. The summed E-state index contributed by atoms with van der Waals surface area (Å²) in [6, 6.07) is 8.37. The number of hydrogen-bond donors (Lipinski definition) is 3. The first-order valence-corrected chi connectivity index (χ1v) is 9.57. The van der Waals surface area contributed by atoms with E-state index in [4.69, 9.17) is 0 Å². The molecule has 2 atom stereocenters. The van der Waals surface area contributed by atoms with Gasteiger partial charge in [0.25, 0.3) is 0 Å². The van der Waals surface area contributed by atoms with Crippen LogP contribution in [0, 0.1) is 0 Å². The summed E-state index contributed by atoms with van der Waals surface area (Å²) < 4.78 is 0. The van der Waals surface area contributed by atoms with Gasteiger partial charge in [-0.15, -0.1) is 0 Å². The Labute approximate surface area is 142 Å². The molecule has 0 saturated carbocycles. The van der Waals surface area contributed by atoms with Crippen LogP contribution in [0.2, 0.25) is 0 Å². The number of carbonyl (C=O) groups excluding carboxylic acids is 1. The summed E-state index contributed by atoms with van der Waals surface area (Å²) in [5.41, 5.74) is 2.02. The minimum atomic E-state index is -0.733. The maximum absolute atomic E-state index is 12.1. The standard InChI is InChI=1S/C18H26N2O2S/c1-17(8-4-6-14-5-2-3-7-15(14)17)11-19-16(21)20-12-18(22)9-10-23-13-18/h2-3,5,7,22H,4,6,8-13H2,1H3,(H2,19,20,21). The minimum absolute atomic E-state index is 0.00764. The lowest BCUT2D eigenvalue weighted by Crippen LogP contribution is -2.49. The molecule has 3 N–H and O–H groups in total. The largest absolute Gasteiger partial charge is 0.387 e. The SMILES string of the molecule is CC1(CNC(=O)NCC2(O)CCSC2)CCCc2ccccc21. The molecule has 1 aromatic carbocycles. The van der Waals surface area contributed by atoms with Gasteiger partial charge in [-0.3, -0.25) is 0 Å². The van der Waals surface area contributed by atoms with E-state index in [1.54, 1.807) is 11.8 Å². The third kappa shape index (κ3) is 3.83. The highest BCUT2D eigenvalue weighted by molar-refractivity contribution is 7.99. The molecule has 4 nitrogen and oxygen atoms in total. The van der Waals surface area contributed by atoms with Crippen LogP contribution in [0.25, 0.3) is 0 Å². The topological polar surface area (TPSA) is 61.4 Å². The van der Waals surface area contributed by atoms with Gasteiger partial charge in [-0.1, -0.05) is 31.2 Å². The summed E-state index contributed by atoms with van der Waals surface area (Å²) in [4.78, 5) is 12.1. The molecule has 2 aliphatic rings. The summed E-state index contributed by atoms with van der Waals surface area (Å²) in [5, 5.41) is 16.1. The second-order valence-corrected chi connectivity index (χ2v) is 8.24. The van der Waals surface area contributed by atoms with Gasteiger partial charge in [-0.2, -0.15) is 11.8 Å². The van der Waals surface area contributed by atoms with Crippen molar-refractivity contribution in [2.24, 2.45) is 0 Å². The first kappa shape index (κ1) is 16.7. The zero-order valence-corrected chi connectivity index (χ0v) is 14.5. The molecule has 1 heterocycles. The van der Waals surface area contributed by atoms with Crippen molar-refractivity contribution in [2.45, 2.75) is 43.6 Å². The number of aryl methyl sites for hydroxylation is 1. The van der Waals surface area contributed by atoms with E-state index in [-0.39, 0.29) is 11.4 Å². The van der Waals surface area contributed by atoms with Gasteiger partial charge in [-0.25, -0.2) is 4.79 Å². The number of fused-ring (bicyclic) bond motifs is 1. The van der Waals surface area contributed by atoms with Crippen molar-refractivity contribution in [2.75, 3.05) is 24.6 Å². The number of rotatable bonds is 4. The molecule has 1 fully saturated rings. The van der Waals surface area contributed by atoms with E-state index < -0.39 is 5.60 Å². The average molecular weight is 334 g/mol. The molecular formula is C18H26N2O2S. The number of thioether (sulfide) groups is 1. The van der Waals surface area contributed by atoms with Crippen molar-refractivity contribution in [3.05, 3.63) is 35.4 Å². The van der Waals surface area contributed by atoms with Gasteiger partial charge in [0.15, 0.2) is 0 Å². The lowest BCUT2D eigenvalue weighted by atomic mass is 9.71. The molecule has 1 aromatic rings. The lowest BCUT2D eigenvalue weighted by molar-refractivity contribution is 0.0699. The van der Waals surface area contributed by atoms with E-state index in [0.717, 1.165) is 31.4 Å².